The van der Waals surface area contributed by atoms with Gasteiger partial charge in [-0.1, -0.05) is 30.9 Å². The quantitative estimate of drug-likeness (QED) is 0.159. The van der Waals surface area contributed by atoms with Crippen molar-refractivity contribution in [1.29, 1.82) is 0 Å². The van der Waals surface area contributed by atoms with Gasteiger partial charge in [0, 0.05) is 12.8 Å². The molecule has 7 heteroatoms. The summed E-state index contributed by atoms with van der Waals surface area (Å²) in [7, 11) is 0. The lowest BCUT2D eigenvalue weighted by atomic mass is 10.1. The number of hydrogen-bond acceptors (Lipinski definition) is 5. The number of para-hydroxylation sites is 2. The number of anilines is 1. The molecule has 2 aromatic rings. The standard InChI is InChI=1S/C24H27N3O4/c1-2-17-31-20-15-13-19(14-16-20)18-25-27-24(30)12-6-4-3-5-11-23(29)26-21-9-7-8-10-22(21)28/h1,7-10,13-16,18,28H,3-6,11-12,17H2,(H,26,29)(H,27,30)/b25-18+. The number of amides is 2. The van der Waals surface area contributed by atoms with Crippen LogP contribution in [0.4, 0.5) is 5.69 Å². The van der Waals surface area contributed by atoms with Crippen LogP contribution in [0, 0.1) is 12.3 Å². The molecule has 31 heavy (non-hydrogen) atoms. The third-order valence-corrected chi connectivity index (χ3v) is 4.34. The fourth-order valence-corrected chi connectivity index (χ4v) is 2.73. The number of nitrogens with one attached hydrogen (secondary N) is 2. The van der Waals surface area contributed by atoms with Crippen molar-refractivity contribution in [2.24, 2.45) is 5.10 Å². The van der Waals surface area contributed by atoms with Crippen LogP contribution in [0.2, 0.25) is 0 Å². The number of unbranched alkanes of at least 4 members (excludes halogenated alkanes) is 3. The van der Waals surface area contributed by atoms with Gasteiger partial charge in [-0.15, -0.1) is 6.42 Å². The maximum atomic E-state index is 11.9. The van der Waals surface area contributed by atoms with Crippen molar-refractivity contribution >= 4 is 23.7 Å². The molecule has 2 amide bonds. The van der Waals surface area contributed by atoms with E-state index in [1.807, 2.05) is 12.1 Å². The lowest BCUT2D eigenvalue weighted by Crippen LogP contribution is -2.16. The number of ether oxygens (including phenoxy) is 1. The highest BCUT2D eigenvalue weighted by Crippen LogP contribution is 2.21. The number of hydrazone groups is 1. The molecule has 0 aromatic heterocycles. The van der Waals surface area contributed by atoms with Gasteiger partial charge in [-0.25, -0.2) is 5.43 Å². The van der Waals surface area contributed by atoms with E-state index in [1.54, 1.807) is 36.5 Å². The minimum atomic E-state index is -0.150. The summed E-state index contributed by atoms with van der Waals surface area (Å²) in [6, 6.07) is 13.8. The molecule has 3 N–H and O–H groups in total. The summed E-state index contributed by atoms with van der Waals surface area (Å²) in [5.74, 6) is 2.84. The van der Waals surface area contributed by atoms with Crippen LogP contribution in [-0.2, 0) is 9.59 Å². The molecule has 0 aliphatic rings. The van der Waals surface area contributed by atoms with Gasteiger partial charge < -0.3 is 15.2 Å². The van der Waals surface area contributed by atoms with Crippen molar-refractivity contribution < 1.29 is 19.4 Å². The molecule has 2 rings (SSSR count). The summed E-state index contributed by atoms with van der Waals surface area (Å²) in [6.45, 7) is 0.217. The van der Waals surface area contributed by atoms with E-state index in [0.717, 1.165) is 31.2 Å². The fourth-order valence-electron chi connectivity index (χ4n) is 2.73. The Hall–Kier alpha value is -3.79. The smallest absolute Gasteiger partial charge is 0.240 e. The first kappa shape index (κ1) is 23.5. The van der Waals surface area contributed by atoms with E-state index in [1.165, 1.54) is 6.07 Å². The van der Waals surface area contributed by atoms with Crippen LogP contribution < -0.4 is 15.5 Å². The third-order valence-electron chi connectivity index (χ3n) is 4.34. The van der Waals surface area contributed by atoms with Gasteiger partial charge in [0.1, 0.15) is 18.1 Å². The zero-order chi connectivity index (χ0) is 22.3. The maximum absolute atomic E-state index is 11.9. The summed E-state index contributed by atoms with van der Waals surface area (Å²) < 4.78 is 5.29. The molecule has 0 saturated carbocycles. The average Bonchev–Trinajstić information content (AvgIpc) is 2.77. The first-order valence-corrected chi connectivity index (χ1v) is 10.1. The monoisotopic (exact) mass is 421 g/mol. The van der Waals surface area contributed by atoms with Crippen LogP contribution in [0.25, 0.3) is 0 Å². The summed E-state index contributed by atoms with van der Waals surface area (Å²) in [5, 5.41) is 16.3. The minimum absolute atomic E-state index is 0.0515. The van der Waals surface area contributed by atoms with Crippen LogP contribution in [-0.4, -0.2) is 29.7 Å². The average molecular weight is 421 g/mol. The summed E-state index contributed by atoms with van der Waals surface area (Å²) in [4.78, 5) is 23.7. The van der Waals surface area contributed by atoms with Crippen LogP contribution in [0.3, 0.4) is 0 Å². The van der Waals surface area contributed by atoms with Crippen LogP contribution in [0.15, 0.2) is 53.6 Å². The first-order valence-electron chi connectivity index (χ1n) is 10.1. The number of terminal acetylenes is 1. The number of hydrogen-bond donors (Lipinski definition) is 3. The van der Waals surface area contributed by atoms with E-state index < -0.39 is 0 Å². The second kappa shape index (κ2) is 13.4. The fraction of sp³-hybridized carbons (Fsp3) is 0.292. The Morgan fingerprint density at radius 3 is 2.35 bits per heavy atom. The van der Waals surface area contributed by atoms with Gasteiger partial charge in [0.25, 0.3) is 0 Å². The highest BCUT2D eigenvalue weighted by Gasteiger charge is 2.06. The molecule has 0 aliphatic carbocycles. The van der Waals surface area contributed by atoms with E-state index >= 15 is 0 Å². The molecular formula is C24H27N3O4. The summed E-state index contributed by atoms with van der Waals surface area (Å²) >= 11 is 0. The Labute approximate surface area is 182 Å². The van der Waals surface area contributed by atoms with E-state index in [2.05, 4.69) is 21.8 Å². The topological polar surface area (TPSA) is 100 Å². The number of rotatable bonds is 12. The van der Waals surface area contributed by atoms with E-state index in [0.29, 0.717) is 24.3 Å². The molecule has 0 unspecified atom stereocenters. The van der Waals surface area contributed by atoms with Crippen molar-refractivity contribution in [3.8, 4) is 23.8 Å². The van der Waals surface area contributed by atoms with Gasteiger partial charge >= 0.3 is 0 Å². The predicted molar refractivity (Wildman–Crippen MR) is 121 cm³/mol. The molecule has 0 bridgehead atoms. The largest absolute Gasteiger partial charge is 0.506 e. The number of carbonyl (C=O) groups excluding carboxylic acids is 2. The highest BCUT2D eigenvalue weighted by atomic mass is 16.5. The predicted octanol–water partition coefficient (Wildman–Crippen LogP) is 3.83. The van der Waals surface area contributed by atoms with Gasteiger partial charge in [0.15, 0.2) is 0 Å². The zero-order valence-electron chi connectivity index (χ0n) is 17.3. The lowest BCUT2D eigenvalue weighted by Gasteiger charge is -2.06. The molecule has 0 saturated heterocycles. The van der Waals surface area contributed by atoms with E-state index in [4.69, 9.17) is 11.2 Å². The Balaban J connectivity index is 1.54. The Morgan fingerprint density at radius 1 is 1.00 bits per heavy atom. The number of phenolic OH excluding ortho intramolecular Hbond substituents is 1. The number of aromatic hydroxyl groups is 1. The van der Waals surface area contributed by atoms with Crippen LogP contribution in [0.5, 0.6) is 11.5 Å². The first-order chi connectivity index (χ1) is 15.1. The maximum Gasteiger partial charge on any atom is 0.240 e. The summed E-state index contributed by atoms with van der Waals surface area (Å²) in [6.07, 6.45) is 10.6. The molecule has 0 radical (unpaired) electrons. The molecule has 7 nitrogen and oxygen atoms in total. The second-order valence-corrected chi connectivity index (χ2v) is 6.83. The highest BCUT2D eigenvalue weighted by molar-refractivity contribution is 5.92. The normalized spacial score (nSPS) is 10.4. The van der Waals surface area contributed by atoms with Gasteiger partial charge in [0.2, 0.25) is 11.8 Å². The number of carbonyl (C=O) groups is 2. The number of nitrogens with zero attached hydrogens (tertiary/aromatic N) is 1. The van der Waals surface area contributed by atoms with Crippen LogP contribution in [0.1, 0.15) is 44.1 Å². The lowest BCUT2D eigenvalue weighted by molar-refractivity contribution is -0.121. The molecule has 0 heterocycles. The second-order valence-electron chi connectivity index (χ2n) is 6.83. The molecular weight excluding hydrogens is 394 g/mol. The van der Waals surface area contributed by atoms with Crippen molar-refractivity contribution in [3.63, 3.8) is 0 Å². The van der Waals surface area contributed by atoms with Crippen molar-refractivity contribution in [2.45, 2.75) is 38.5 Å². The molecule has 0 spiro atoms. The van der Waals surface area contributed by atoms with Gasteiger partial charge in [0.05, 0.1) is 11.9 Å². The summed E-state index contributed by atoms with van der Waals surface area (Å²) in [5.41, 5.74) is 3.75. The number of phenols is 1. The minimum Gasteiger partial charge on any atom is -0.506 e. The molecule has 0 fully saturated rings. The molecule has 162 valence electrons. The van der Waals surface area contributed by atoms with Crippen molar-refractivity contribution in [1.82, 2.24) is 5.43 Å². The SMILES string of the molecule is C#CCOc1ccc(/C=N/NC(=O)CCCCCCC(=O)Nc2ccccc2O)cc1. The Bertz CT molecular complexity index is 917. The van der Waals surface area contributed by atoms with Gasteiger partial charge in [-0.05, 0) is 54.8 Å². The third kappa shape index (κ3) is 9.50. The van der Waals surface area contributed by atoms with Gasteiger partial charge in [-0.2, -0.15) is 5.10 Å². The molecule has 0 aliphatic heterocycles. The molecule has 0 atom stereocenters. The Kier molecular flexibility index (Phi) is 10.2. The van der Waals surface area contributed by atoms with Crippen LogP contribution >= 0.6 is 0 Å². The number of benzene rings is 2. The van der Waals surface area contributed by atoms with Crippen molar-refractivity contribution in [3.05, 3.63) is 54.1 Å². The van der Waals surface area contributed by atoms with Crippen molar-refractivity contribution in [2.75, 3.05) is 11.9 Å². The van der Waals surface area contributed by atoms with E-state index in [9.17, 15) is 14.7 Å². The Morgan fingerprint density at radius 2 is 1.68 bits per heavy atom. The van der Waals surface area contributed by atoms with Gasteiger partial charge in [-0.3, -0.25) is 9.59 Å². The zero-order valence-corrected chi connectivity index (χ0v) is 17.3. The molecule has 2 aromatic carbocycles. The van der Waals surface area contributed by atoms with E-state index in [-0.39, 0.29) is 24.2 Å².